The largest absolute Gasteiger partial charge is 0.465 e. The molecule has 0 aromatic heterocycles. The number of nitrogens with one attached hydrogen (secondary N) is 2. The maximum atomic E-state index is 15.2. The quantitative estimate of drug-likeness (QED) is 0.307. The first kappa shape index (κ1) is 27.4. The summed E-state index contributed by atoms with van der Waals surface area (Å²) in [6.07, 6.45) is 2.10. The summed E-state index contributed by atoms with van der Waals surface area (Å²) in [6, 6.07) is 6.48. The Morgan fingerprint density at radius 3 is 2.26 bits per heavy atom. The third-order valence-corrected chi connectivity index (χ3v) is 9.28. The lowest BCUT2D eigenvalue weighted by atomic mass is 9.76. The minimum absolute atomic E-state index is 0.0378. The molecule has 0 radical (unpaired) electrons. The van der Waals surface area contributed by atoms with Crippen LogP contribution in [0.25, 0.3) is 0 Å². The first-order chi connectivity index (χ1) is 18.5. The number of nitrogens with zero attached hydrogens (tertiary/aromatic N) is 1. The van der Waals surface area contributed by atoms with Crippen molar-refractivity contribution in [3.05, 3.63) is 69.0 Å². The molecule has 2 aromatic rings. The van der Waals surface area contributed by atoms with E-state index < -0.39 is 59.1 Å². The van der Waals surface area contributed by atoms with Gasteiger partial charge in [-0.3, -0.25) is 19.3 Å². The molecule has 8 nitrogen and oxygen atoms in total. The van der Waals surface area contributed by atoms with Crippen LogP contribution < -0.4 is 10.6 Å². The van der Waals surface area contributed by atoms with Gasteiger partial charge in [0.25, 0.3) is 11.8 Å². The number of hydrogen-bond donors (Lipinski definition) is 3. The van der Waals surface area contributed by atoms with Crippen LogP contribution in [-0.4, -0.2) is 45.9 Å². The van der Waals surface area contributed by atoms with Gasteiger partial charge in [0.05, 0.1) is 39.3 Å². The highest BCUT2D eigenvalue weighted by molar-refractivity contribution is 6.42. The zero-order valence-corrected chi connectivity index (χ0v) is 22.7. The Morgan fingerprint density at radius 1 is 1.05 bits per heavy atom. The van der Waals surface area contributed by atoms with Crippen molar-refractivity contribution in [2.24, 2.45) is 11.3 Å². The Morgan fingerprint density at radius 2 is 1.67 bits per heavy atom. The van der Waals surface area contributed by atoms with Gasteiger partial charge in [-0.15, -0.1) is 0 Å². The van der Waals surface area contributed by atoms with Crippen LogP contribution >= 0.6 is 23.2 Å². The summed E-state index contributed by atoms with van der Waals surface area (Å²) in [5.74, 6) is -2.81. The molecule has 4 atom stereocenters. The summed E-state index contributed by atoms with van der Waals surface area (Å²) >= 11 is 12.7. The molecule has 5 rings (SSSR count). The van der Waals surface area contributed by atoms with Crippen molar-refractivity contribution in [2.45, 2.75) is 63.6 Å². The van der Waals surface area contributed by atoms with Crippen molar-refractivity contribution in [3.63, 3.8) is 0 Å². The molecule has 3 aliphatic rings. The zero-order valence-electron chi connectivity index (χ0n) is 21.2. The molecule has 1 aliphatic heterocycles. The molecule has 0 spiro atoms. The number of rotatable bonds is 6. The number of carbonyl (C=O) groups is 4. The summed E-state index contributed by atoms with van der Waals surface area (Å²) in [5.41, 5.74) is 0.121. The van der Waals surface area contributed by atoms with Crippen LogP contribution in [-0.2, 0) is 4.79 Å². The minimum Gasteiger partial charge on any atom is -0.465 e. The molecule has 4 amide bonds. The van der Waals surface area contributed by atoms with E-state index in [1.54, 1.807) is 24.3 Å². The van der Waals surface area contributed by atoms with Crippen molar-refractivity contribution in [3.8, 4) is 0 Å². The van der Waals surface area contributed by atoms with Gasteiger partial charge in [0.1, 0.15) is 5.82 Å². The van der Waals surface area contributed by atoms with Gasteiger partial charge in [0, 0.05) is 11.5 Å². The first-order valence-electron chi connectivity index (χ1n) is 12.9. The Labute approximate surface area is 234 Å². The van der Waals surface area contributed by atoms with Gasteiger partial charge in [0.15, 0.2) is 0 Å². The van der Waals surface area contributed by atoms with Crippen molar-refractivity contribution in [2.75, 3.05) is 0 Å². The predicted molar refractivity (Wildman–Crippen MR) is 142 cm³/mol. The summed E-state index contributed by atoms with van der Waals surface area (Å²) in [4.78, 5) is 52.7. The Balaban J connectivity index is 1.44. The van der Waals surface area contributed by atoms with Crippen LogP contribution in [0.1, 0.15) is 77.8 Å². The van der Waals surface area contributed by atoms with Crippen LogP contribution in [0.4, 0.5) is 9.18 Å². The summed E-state index contributed by atoms with van der Waals surface area (Å²) in [5, 5.41) is 15.1. The monoisotopic (exact) mass is 575 g/mol. The number of benzene rings is 2. The fraction of sp³-hybridized carbons (Fsp3) is 0.429. The highest BCUT2D eigenvalue weighted by atomic mass is 35.5. The average molecular weight is 576 g/mol. The van der Waals surface area contributed by atoms with Gasteiger partial charge < -0.3 is 15.7 Å². The summed E-state index contributed by atoms with van der Waals surface area (Å²) in [7, 11) is 0. The number of amides is 4. The van der Waals surface area contributed by atoms with Crippen LogP contribution in [0, 0.1) is 17.2 Å². The number of carbonyl (C=O) groups excluding carboxylic acids is 3. The molecule has 0 bridgehead atoms. The average Bonchev–Trinajstić information content (AvgIpc) is 3.58. The third kappa shape index (κ3) is 4.87. The first-order valence-corrected chi connectivity index (χ1v) is 13.7. The SMILES string of the molecule is CC1([C@H](NC(=O)C2C[C@@H](NC(=O)O)[C@@H](N3C(=O)c4ccccc4C3=O)C2)c2c(F)ccc(Cl)c2Cl)CCCC1. The molecule has 3 N–H and O–H groups in total. The Hall–Kier alpha value is -3.17. The second-order valence-corrected chi connectivity index (χ2v) is 11.7. The molecule has 39 heavy (non-hydrogen) atoms. The highest BCUT2D eigenvalue weighted by Gasteiger charge is 2.50. The van der Waals surface area contributed by atoms with Crippen LogP contribution in [0.15, 0.2) is 36.4 Å². The number of fused-ring (bicyclic) bond motifs is 1. The Kier molecular flexibility index (Phi) is 7.33. The van der Waals surface area contributed by atoms with Crippen molar-refractivity contribution in [1.82, 2.24) is 15.5 Å². The highest BCUT2D eigenvalue weighted by Crippen LogP contribution is 2.50. The fourth-order valence-corrected chi connectivity index (χ4v) is 6.90. The van der Waals surface area contributed by atoms with Crippen LogP contribution in [0.2, 0.25) is 10.0 Å². The number of carboxylic acid groups (broad SMARTS) is 1. The summed E-state index contributed by atoms with van der Waals surface area (Å²) in [6.45, 7) is 1.98. The van der Waals surface area contributed by atoms with Crippen molar-refractivity contribution < 1.29 is 28.7 Å². The van der Waals surface area contributed by atoms with E-state index in [2.05, 4.69) is 10.6 Å². The van der Waals surface area contributed by atoms with E-state index in [4.69, 9.17) is 23.2 Å². The van der Waals surface area contributed by atoms with E-state index >= 15 is 4.39 Å². The summed E-state index contributed by atoms with van der Waals surface area (Å²) < 4.78 is 15.2. The molecule has 2 saturated carbocycles. The van der Waals surface area contributed by atoms with E-state index in [1.807, 2.05) is 6.92 Å². The molecule has 0 saturated heterocycles. The molecule has 206 valence electrons. The molecular formula is C28H28Cl2FN3O5. The lowest BCUT2D eigenvalue weighted by Crippen LogP contribution is -2.50. The van der Waals surface area contributed by atoms with Crippen LogP contribution in [0.3, 0.4) is 0 Å². The zero-order chi connectivity index (χ0) is 28.1. The van der Waals surface area contributed by atoms with E-state index in [-0.39, 0.29) is 39.6 Å². The topological polar surface area (TPSA) is 116 Å². The smallest absolute Gasteiger partial charge is 0.404 e. The van der Waals surface area contributed by atoms with Gasteiger partial charge in [-0.2, -0.15) is 0 Å². The van der Waals surface area contributed by atoms with E-state index in [9.17, 15) is 24.3 Å². The van der Waals surface area contributed by atoms with E-state index in [1.165, 1.54) is 12.1 Å². The fourth-order valence-electron chi connectivity index (χ4n) is 6.47. The predicted octanol–water partition coefficient (Wildman–Crippen LogP) is 5.58. The van der Waals surface area contributed by atoms with E-state index in [0.717, 1.165) is 30.6 Å². The van der Waals surface area contributed by atoms with Gasteiger partial charge in [0.2, 0.25) is 5.91 Å². The number of imide groups is 1. The maximum absolute atomic E-state index is 15.2. The lowest BCUT2D eigenvalue weighted by Gasteiger charge is -2.36. The van der Waals surface area contributed by atoms with Gasteiger partial charge in [-0.1, -0.05) is 55.1 Å². The molecule has 1 unspecified atom stereocenters. The lowest BCUT2D eigenvalue weighted by molar-refractivity contribution is -0.126. The molecule has 1 heterocycles. The standard InChI is InChI=1S/C28H28Cl2FN3O5/c1-28(10-4-5-11-28)23(21-18(31)9-8-17(29)22(21)30)33-24(35)14-12-19(32-27(38)39)20(13-14)34-25(36)15-6-2-3-7-16(15)26(34)37/h2-3,6-9,14,19-20,23,32H,4-5,10-13H2,1H3,(H,33,35)(H,38,39)/t14?,19-,20+,23-/m1/s1. The normalized spacial score (nSPS) is 24.5. The minimum atomic E-state index is -1.33. The van der Waals surface area contributed by atoms with Gasteiger partial charge >= 0.3 is 6.09 Å². The molecule has 2 fully saturated rings. The molecule has 11 heteroatoms. The maximum Gasteiger partial charge on any atom is 0.404 e. The van der Waals surface area contributed by atoms with Crippen molar-refractivity contribution >= 4 is 47.0 Å². The Bertz CT molecular complexity index is 1330. The molecule has 2 aromatic carbocycles. The second-order valence-electron chi connectivity index (χ2n) is 10.9. The second kappa shape index (κ2) is 10.4. The van der Waals surface area contributed by atoms with Crippen LogP contribution in [0.5, 0.6) is 0 Å². The van der Waals surface area contributed by atoms with E-state index in [0.29, 0.717) is 0 Å². The number of halogens is 3. The van der Waals surface area contributed by atoms with Gasteiger partial charge in [-0.25, -0.2) is 9.18 Å². The van der Waals surface area contributed by atoms with Gasteiger partial charge in [-0.05, 0) is 55.4 Å². The molecule has 2 aliphatic carbocycles. The third-order valence-electron chi connectivity index (χ3n) is 8.46. The van der Waals surface area contributed by atoms with Crippen molar-refractivity contribution in [1.29, 1.82) is 0 Å². The molecular weight excluding hydrogens is 548 g/mol. The number of hydrogen-bond acceptors (Lipinski definition) is 4.